The van der Waals surface area contributed by atoms with Gasteiger partial charge in [-0.3, -0.25) is 0 Å². The Kier molecular flexibility index (Phi) is 4.77. The monoisotopic (exact) mass is 278 g/mol. The van der Waals surface area contributed by atoms with E-state index in [0.717, 1.165) is 12.2 Å². The van der Waals surface area contributed by atoms with Crippen LogP contribution in [-0.2, 0) is 12.7 Å². The van der Waals surface area contributed by atoms with Crippen molar-refractivity contribution in [2.75, 3.05) is 7.11 Å². The first kappa shape index (κ1) is 15.7. The number of methoxy groups -OCH3 is 1. The molecule has 108 valence electrons. The largest absolute Gasteiger partial charge is 0.497 e. The van der Waals surface area contributed by atoms with Crippen LogP contribution in [0.1, 0.15) is 31.9 Å². The quantitative estimate of drug-likeness (QED) is 0.741. The highest BCUT2D eigenvalue weighted by atomic mass is 16.5. The molecule has 0 aromatic heterocycles. The van der Waals surface area contributed by atoms with E-state index in [-0.39, 0.29) is 5.41 Å². The number of ether oxygens (including phenoxy) is 1. The van der Waals surface area contributed by atoms with Crippen molar-refractivity contribution in [2.45, 2.75) is 33.5 Å². The second-order valence-electron chi connectivity index (χ2n) is 6.67. The van der Waals surface area contributed by atoms with Gasteiger partial charge in [-0.1, -0.05) is 63.0 Å². The molecular weight excluding hydrogens is 255 g/mol. The minimum atomic E-state index is 0.237. The fraction of sp³-hybridized carbons (Fsp3) is 0.368. The predicted molar refractivity (Wildman–Crippen MR) is 91.0 cm³/mol. The highest BCUT2D eigenvalue weighted by Crippen LogP contribution is 2.32. The number of hydrogen-bond acceptors (Lipinski definition) is 1. The van der Waals surface area contributed by atoms with E-state index < -0.39 is 0 Å². The van der Waals surface area contributed by atoms with E-state index >= 15 is 0 Å². The summed E-state index contributed by atoms with van der Waals surface area (Å²) in [6, 6.07) is 14.8. The normalized spacial score (nSPS) is 11.4. The Morgan fingerprint density at radius 2 is 1.81 bits per heavy atom. The molecule has 0 fully saturated rings. The van der Waals surface area contributed by atoms with E-state index in [1.54, 1.807) is 7.11 Å². The molecule has 0 bridgehead atoms. The van der Waals surface area contributed by atoms with Crippen LogP contribution in [0.4, 0.5) is 0 Å². The number of hydrogen-bond donors (Lipinski definition) is 0. The molecular formula is C19H23BO. The molecule has 2 heteroatoms. The molecule has 1 nitrogen and oxygen atoms in total. The van der Waals surface area contributed by atoms with Crippen LogP contribution >= 0.6 is 0 Å². The Balaban J connectivity index is 2.50. The molecule has 21 heavy (non-hydrogen) atoms. The Hall–Kier alpha value is -1.70. The minimum absolute atomic E-state index is 0.237. The van der Waals surface area contributed by atoms with Gasteiger partial charge in [0, 0.05) is 0 Å². The topological polar surface area (TPSA) is 9.23 Å². The van der Waals surface area contributed by atoms with Crippen molar-refractivity contribution < 1.29 is 4.74 Å². The number of rotatable bonds is 4. The van der Waals surface area contributed by atoms with Crippen LogP contribution in [0.5, 0.6) is 5.75 Å². The Morgan fingerprint density at radius 3 is 2.43 bits per heavy atom. The molecule has 0 heterocycles. The van der Waals surface area contributed by atoms with Gasteiger partial charge in [-0.25, -0.2) is 0 Å². The van der Waals surface area contributed by atoms with Crippen LogP contribution in [0.2, 0.25) is 0 Å². The van der Waals surface area contributed by atoms with E-state index in [1.807, 2.05) is 12.1 Å². The van der Waals surface area contributed by atoms with Gasteiger partial charge in [0.25, 0.3) is 0 Å². The van der Waals surface area contributed by atoms with E-state index in [4.69, 9.17) is 12.6 Å². The van der Waals surface area contributed by atoms with Gasteiger partial charge in [-0.2, -0.15) is 0 Å². The molecule has 0 aliphatic carbocycles. The van der Waals surface area contributed by atoms with Gasteiger partial charge in [-0.05, 0) is 40.7 Å². The van der Waals surface area contributed by atoms with Gasteiger partial charge in [0.05, 0.1) is 15.0 Å². The standard InChI is InChI=1S/C19H23BO/c1-19(2,3)12-16-10-14(13-20)8-9-18(16)15-6-5-7-17(11-15)21-4/h5-11H,12-13H2,1-4H3. The van der Waals surface area contributed by atoms with Crippen LogP contribution in [-0.4, -0.2) is 15.0 Å². The lowest BCUT2D eigenvalue weighted by atomic mass is 9.83. The van der Waals surface area contributed by atoms with Gasteiger partial charge in [0.15, 0.2) is 0 Å². The molecule has 2 rings (SSSR count). The maximum Gasteiger partial charge on any atom is 0.119 e. The summed E-state index contributed by atoms with van der Waals surface area (Å²) in [6.45, 7) is 6.78. The van der Waals surface area contributed by atoms with Crippen molar-refractivity contribution in [3.05, 3.63) is 53.6 Å². The lowest BCUT2D eigenvalue weighted by Crippen LogP contribution is -2.10. The Morgan fingerprint density at radius 1 is 1.05 bits per heavy atom. The third-order valence-electron chi connectivity index (χ3n) is 3.51. The summed E-state index contributed by atoms with van der Waals surface area (Å²) in [5.41, 5.74) is 5.22. The highest BCUT2D eigenvalue weighted by Gasteiger charge is 2.15. The third kappa shape index (κ3) is 4.14. The predicted octanol–water partition coefficient (Wildman–Crippen LogP) is 4.62. The maximum atomic E-state index is 5.80. The van der Waals surface area contributed by atoms with Gasteiger partial charge >= 0.3 is 0 Å². The smallest absolute Gasteiger partial charge is 0.119 e. The van der Waals surface area contributed by atoms with Gasteiger partial charge in [0.1, 0.15) is 5.75 Å². The lowest BCUT2D eigenvalue weighted by molar-refractivity contribution is 0.411. The van der Waals surface area contributed by atoms with Crippen molar-refractivity contribution >= 4 is 7.85 Å². The zero-order valence-electron chi connectivity index (χ0n) is 13.4. The first-order valence-electron chi connectivity index (χ1n) is 7.39. The fourth-order valence-electron chi connectivity index (χ4n) is 2.56. The molecule has 0 N–H and O–H groups in total. The Labute approximate surface area is 129 Å². The summed E-state index contributed by atoms with van der Waals surface area (Å²) in [5.74, 6) is 0.886. The zero-order chi connectivity index (χ0) is 15.5. The molecule has 0 saturated carbocycles. The van der Waals surface area contributed by atoms with Crippen molar-refractivity contribution in [1.82, 2.24) is 0 Å². The SMILES string of the molecule is [B]Cc1ccc(-c2cccc(OC)c2)c(CC(C)(C)C)c1. The van der Waals surface area contributed by atoms with E-state index in [1.165, 1.54) is 22.3 Å². The first-order chi connectivity index (χ1) is 9.93. The van der Waals surface area contributed by atoms with E-state index in [0.29, 0.717) is 6.32 Å². The zero-order valence-corrected chi connectivity index (χ0v) is 13.4. The summed E-state index contributed by atoms with van der Waals surface area (Å²) in [4.78, 5) is 0. The molecule has 0 aliphatic heterocycles. The Bertz CT molecular complexity index is 611. The van der Waals surface area contributed by atoms with Crippen molar-refractivity contribution in [2.24, 2.45) is 5.41 Å². The average Bonchev–Trinajstić information content (AvgIpc) is 2.45. The van der Waals surface area contributed by atoms with Crippen LogP contribution in [0, 0.1) is 5.41 Å². The van der Waals surface area contributed by atoms with E-state index in [2.05, 4.69) is 51.1 Å². The first-order valence-corrected chi connectivity index (χ1v) is 7.39. The summed E-state index contributed by atoms with van der Waals surface area (Å²) >= 11 is 0. The van der Waals surface area contributed by atoms with Crippen LogP contribution in [0.15, 0.2) is 42.5 Å². The van der Waals surface area contributed by atoms with Crippen LogP contribution in [0.25, 0.3) is 11.1 Å². The van der Waals surface area contributed by atoms with Gasteiger partial charge in [0.2, 0.25) is 0 Å². The van der Waals surface area contributed by atoms with Crippen molar-refractivity contribution in [3.63, 3.8) is 0 Å². The van der Waals surface area contributed by atoms with Crippen molar-refractivity contribution in [3.8, 4) is 16.9 Å². The summed E-state index contributed by atoms with van der Waals surface area (Å²) in [7, 11) is 7.50. The second-order valence-corrected chi connectivity index (χ2v) is 6.67. The molecule has 0 aliphatic rings. The molecule has 0 saturated heterocycles. The van der Waals surface area contributed by atoms with Gasteiger partial charge in [-0.15, -0.1) is 0 Å². The fourth-order valence-corrected chi connectivity index (χ4v) is 2.56. The molecule has 0 amide bonds. The molecule has 0 spiro atoms. The van der Waals surface area contributed by atoms with Crippen molar-refractivity contribution in [1.29, 1.82) is 0 Å². The minimum Gasteiger partial charge on any atom is -0.497 e. The van der Waals surface area contributed by atoms with Crippen LogP contribution in [0.3, 0.4) is 0 Å². The summed E-state index contributed by atoms with van der Waals surface area (Å²) in [6.07, 6.45) is 1.60. The molecule has 2 radical (unpaired) electrons. The van der Waals surface area contributed by atoms with Crippen LogP contribution < -0.4 is 4.74 Å². The summed E-state index contributed by atoms with van der Waals surface area (Å²) < 4.78 is 5.34. The van der Waals surface area contributed by atoms with Gasteiger partial charge < -0.3 is 4.74 Å². The molecule has 0 atom stereocenters. The molecule has 2 aromatic rings. The second kappa shape index (κ2) is 6.38. The molecule has 0 unspecified atom stereocenters. The summed E-state index contributed by atoms with van der Waals surface area (Å²) in [5, 5.41) is 0. The average molecular weight is 278 g/mol. The number of benzene rings is 2. The molecule has 2 aromatic carbocycles. The van der Waals surface area contributed by atoms with E-state index in [9.17, 15) is 0 Å². The third-order valence-corrected chi connectivity index (χ3v) is 3.51. The maximum absolute atomic E-state index is 5.80. The highest BCUT2D eigenvalue weighted by molar-refractivity contribution is 6.08. The lowest BCUT2D eigenvalue weighted by Gasteiger charge is -2.21.